The van der Waals surface area contributed by atoms with Gasteiger partial charge >= 0.3 is 0 Å². The molecule has 88 valence electrons. The van der Waals surface area contributed by atoms with Crippen LogP contribution in [0.25, 0.3) is 0 Å². The van der Waals surface area contributed by atoms with Crippen molar-refractivity contribution in [3.05, 3.63) is 46.4 Å². The van der Waals surface area contributed by atoms with Crippen LogP contribution in [0.3, 0.4) is 0 Å². The summed E-state index contributed by atoms with van der Waals surface area (Å²) in [6.45, 7) is 0.776. The molecule has 0 fully saturated rings. The van der Waals surface area contributed by atoms with Crippen molar-refractivity contribution in [3.8, 4) is 0 Å². The fraction of sp³-hybridized carbons (Fsp3) is 0.167. The summed E-state index contributed by atoms with van der Waals surface area (Å²) < 4.78 is 1.08. The van der Waals surface area contributed by atoms with Crippen molar-refractivity contribution < 1.29 is 0 Å². The minimum absolute atomic E-state index is 0.435. The first kappa shape index (κ1) is 11.9. The number of nitrogen functional groups attached to an aromatic ring is 1. The molecule has 1 aromatic carbocycles. The van der Waals surface area contributed by atoms with Gasteiger partial charge in [-0.15, -0.1) is 10.2 Å². The summed E-state index contributed by atoms with van der Waals surface area (Å²) in [4.78, 5) is 2.02. The number of rotatable bonds is 3. The van der Waals surface area contributed by atoms with Crippen LogP contribution in [0, 0.1) is 0 Å². The zero-order chi connectivity index (χ0) is 12.3. The summed E-state index contributed by atoms with van der Waals surface area (Å²) in [5, 5.41) is 7.87. The van der Waals surface area contributed by atoms with Crippen LogP contribution in [-0.4, -0.2) is 17.2 Å². The highest BCUT2D eigenvalue weighted by molar-refractivity contribution is 9.10. The standard InChI is InChI=1S/C12H13BrN4/c1-17(12-6-5-11(14)15-16-12)8-9-3-2-4-10(13)7-9/h2-7H,8H2,1H3,(H2,14,15). The summed E-state index contributed by atoms with van der Waals surface area (Å²) in [5.74, 6) is 1.24. The maximum Gasteiger partial charge on any atom is 0.151 e. The lowest BCUT2D eigenvalue weighted by Gasteiger charge is -2.17. The smallest absolute Gasteiger partial charge is 0.151 e. The van der Waals surface area contributed by atoms with Gasteiger partial charge in [-0.25, -0.2) is 0 Å². The van der Waals surface area contributed by atoms with E-state index in [2.05, 4.69) is 38.3 Å². The number of aromatic nitrogens is 2. The molecule has 0 saturated carbocycles. The highest BCUT2D eigenvalue weighted by Crippen LogP contribution is 2.16. The van der Waals surface area contributed by atoms with E-state index in [1.165, 1.54) is 5.56 Å². The molecule has 0 amide bonds. The van der Waals surface area contributed by atoms with Gasteiger partial charge in [-0.1, -0.05) is 28.1 Å². The molecule has 0 unspecified atom stereocenters. The SMILES string of the molecule is CN(Cc1cccc(Br)c1)c1ccc(N)nn1. The van der Waals surface area contributed by atoms with Crippen molar-refractivity contribution in [3.63, 3.8) is 0 Å². The molecule has 0 bridgehead atoms. The van der Waals surface area contributed by atoms with Crippen LogP contribution < -0.4 is 10.6 Å². The zero-order valence-electron chi connectivity index (χ0n) is 9.47. The van der Waals surface area contributed by atoms with Gasteiger partial charge < -0.3 is 10.6 Å². The summed E-state index contributed by atoms with van der Waals surface area (Å²) in [7, 11) is 1.97. The molecule has 0 spiro atoms. The summed E-state index contributed by atoms with van der Waals surface area (Å²) >= 11 is 3.45. The second-order valence-electron chi connectivity index (χ2n) is 3.80. The molecule has 17 heavy (non-hydrogen) atoms. The van der Waals surface area contributed by atoms with E-state index in [1.54, 1.807) is 6.07 Å². The van der Waals surface area contributed by atoms with Crippen molar-refractivity contribution in [2.24, 2.45) is 0 Å². The first-order valence-electron chi connectivity index (χ1n) is 5.20. The molecule has 4 nitrogen and oxygen atoms in total. The highest BCUT2D eigenvalue weighted by Gasteiger charge is 2.04. The van der Waals surface area contributed by atoms with Gasteiger partial charge in [-0.2, -0.15) is 0 Å². The molecule has 0 aliphatic heterocycles. The van der Waals surface area contributed by atoms with Crippen LogP contribution in [0.1, 0.15) is 5.56 Å². The second kappa shape index (κ2) is 5.14. The third-order valence-corrected chi connectivity index (χ3v) is 2.86. The molecular weight excluding hydrogens is 280 g/mol. The molecule has 0 atom stereocenters. The average Bonchev–Trinajstić information content (AvgIpc) is 2.29. The van der Waals surface area contributed by atoms with Gasteiger partial charge in [0.1, 0.15) is 5.82 Å². The third kappa shape index (κ3) is 3.17. The molecule has 0 saturated heterocycles. The van der Waals surface area contributed by atoms with Crippen molar-refractivity contribution in [1.29, 1.82) is 0 Å². The second-order valence-corrected chi connectivity index (χ2v) is 4.72. The Morgan fingerprint density at radius 3 is 2.71 bits per heavy atom. The number of hydrogen-bond donors (Lipinski definition) is 1. The number of halogens is 1. The van der Waals surface area contributed by atoms with Gasteiger partial charge in [0.05, 0.1) is 0 Å². The molecule has 2 N–H and O–H groups in total. The number of benzene rings is 1. The highest BCUT2D eigenvalue weighted by atomic mass is 79.9. The lowest BCUT2D eigenvalue weighted by atomic mass is 10.2. The Hall–Kier alpha value is -1.62. The van der Waals surface area contributed by atoms with Gasteiger partial charge in [-0.05, 0) is 29.8 Å². The van der Waals surface area contributed by atoms with Gasteiger partial charge in [-0.3, -0.25) is 0 Å². The molecule has 5 heteroatoms. The van der Waals surface area contributed by atoms with E-state index in [0.717, 1.165) is 16.8 Å². The number of nitrogens with two attached hydrogens (primary N) is 1. The normalized spacial score (nSPS) is 10.2. The Kier molecular flexibility index (Phi) is 3.58. The van der Waals surface area contributed by atoms with E-state index in [9.17, 15) is 0 Å². The molecular formula is C12H13BrN4. The topological polar surface area (TPSA) is 55.0 Å². The number of nitrogens with zero attached hydrogens (tertiary/aromatic N) is 3. The van der Waals surface area contributed by atoms with Gasteiger partial charge in [0.15, 0.2) is 5.82 Å². The number of anilines is 2. The quantitative estimate of drug-likeness (QED) is 0.944. The Bertz CT molecular complexity index is 498. The van der Waals surface area contributed by atoms with Crippen LogP contribution in [0.2, 0.25) is 0 Å². The van der Waals surface area contributed by atoms with E-state index in [-0.39, 0.29) is 0 Å². The predicted octanol–water partition coefficient (Wildman–Crippen LogP) is 2.46. The van der Waals surface area contributed by atoms with E-state index < -0.39 is 0 Å². The Balaban J connectivity index is 2.11. The zero-order valence-corrected chi connectivity index (χ0v) is 11.1. The summed E-state index contributed by atoms with van der Waals surface area (Å²) in [6, 6.07) is 11.8. The summed E-state index contributed by atoms with van der Waals surface area (Å²) in [5.41, 5.74) is 6.71. The minimum atomic E-state index is 0.435. The first-order chi connectivity index (χ1) is 8.15. The van der Waals surface area contributed by atoms with E-state index >= 15 is 0 Å². The van der Waals surface area contributed by atoms with Crippen molar-refractivity contribution in [2.75, 3.05) is 17.7 Å². The first-order valence-corrected chi connectivity index (χ1v) is 5.99. The average molecular weight is 293 g/mol. The maximum absolute atomic E-state index is 5.50. The molecule has 1 aromatic heterocycles. The van der Waals surface area contributed by atoms with E-state index in [0.29, 0.717) is 5.82 Å². The molecule has 1 heterocycles. The van der Waals surface area contributed by atoms with Gasteiger partial charge in [0.25, 0.3) is 0 Å². The molecule has 2 rings (SSSR count). The Morgan fingerprint density at radius 2 is 2.06 bits per heavy atom. The third-order valence-electron chi connectivity index (χ3n) is 2.37. The van der Waals surface area contributed by atoms with E-state index in [1.807, 2.05) is 30.1 Å². The van der Waals surface area contributed by atoms with Gasteiger partial charge in [0.2, 0.25) is 0 Å². The molecule has 2 aromatic rings. The molecule has 0 aliphatic rings. The lowest BCUT2D eigenvalue weighted by Crippen LogP contribution is -2.18. The van der Waals surface area contributed by atoms with E-state index in [4.69, 9.17) is 5.73 Å². The largest absolute Gasteiger partial charge is 0.382 e. The van der Waals surface area contributed by atoms with Crippen molar-refractivity contribution in [2.45, 2.75) is 6.54 Å². The lowest BCUT2D eigenvalue weighted by molar-refractivity contribution is 0.868. The maximum atomic E-state index is 5.50. The predicted molar refractivity (Wildman–Crippen MR) is 72.7 cm³/mol. The van der Waals surface area contributed by atoms with Crippen LogP contribution in [0.15, 0.2) is 40.9 Å². The van der Waals surface area contributed by atoms with Crippen LogP contribution >= 0.6 is 15.9 Å². The van der Waals surface area contributed by atoms with Crippen molar-refractivity contribution in [1.82, 2.24) is 10.2 Å². The fourth-order valence-corrected chi connectivity index (χ4v) is 1.98. The molecule has 0 radical (unpaired) electrons. The minimum Gasteiger partial charge on any atom is -0.382 e. The Morgan fingerprint density at radius 1 is 1.24 bits per heavy atom. The number of hydrogen-bond acceptors (Lipinski definition) is 4. The van der Waals surface area contributed by atoms with Crippen LogP contribution in [0.4, 0.5) is 11.6 Å². The van der Waals surface area contributed by atoms with Gasteiger partial charge in [0, 0.05) is 18.1 Å². The van der Waals surface area contributed by atoms with Crippen LogP contribution in [0.5, 0.6) is 0 Å². The van der Waals surface area contributed by atoms with Crippen molar-refractivity contribution >= 4 is 27.6 Å². The molecule has 0 aliphatic carbocycles. The van der Waals surface area contributed by atoms with Crippen LogP contribution in [-0.2, 0) is 6.54 Å². The fourth-order valence-electron chi connectivity index (χ4n) is 1.53. The monoisotopic (exact) mass is 292 g/mol. The Labute approximate surface area is 109 Å². The summed E-state index contributed by atoms with van der Waals surface area (Å²) in [6.07, 6.45) is 0.